The maximum atomic E-state index is 12.8. The summed E-state index contributed by atoms with van der Waals surface area (Å²) in [5, 5.41) is 22.2. The van der Waals surface area contributed by atoms with E-state index in [2.05, 4.69) is 26.6 Å². The molecule has 13 nitrogen and oxygen atoms in total. The number of carboxylic acid groups (broad SMARTS) is 1. The molecule has 0 aromatic rings. The Labute approximate surface area is 229 Å². The Morgan fingerprint density at radius 1 is 1.03 bits per heavy atom. The van der Waals surface area contributed by atoms with Crippen molar-refractivity contribution in [2.24, 2.45) is 5.92 Å². The number of ketones is 2. The minimum Gasteiger partial charge on any atom is -0.481 e. The summed E-state index contributed by atoms with van der Waals surface area (Å²) >= 11 is 1.79. The third kappa shape index (κ3) is 9.48. The smallest absolute Gasteiger partial charge is 0.315 e. The van der Waals surface area contributed by atoms with Crippen LogP contribution in [0.25, 0.3) is 0 Å². The second-order valence-electron chi connectivity index (χ2n) is 9.97. The second-order valence-corrected chi connectivity index (χ2v) is 11.2. The van der Waals surface area contributed by atoms with Crippen LogP contribution in [-0.2, 0) is 28.8 Å². The number of carbonyl (C=O) groups excluding carboxylic acids is 6. The summed E-state index contributed by atoms with van der Waals surface area (Å²) < 4.78 is 12.6. The van der Waals surface area contributed by atoms with Gasteiger partial charge in [-0.15, -0.1) is 0 Å². The van der Waals surface area contributed by atoms with Crippen LogP contribution in [0.4, 0.5) is 9.18 Å². The topological polar surface area (TPSA) is 200 Å². The predicted molar refractivity (Wildman–Crippen MR) is 139 cm³/mol. The molecule has 6 atom stereocenters. The highest BCUT2D eigenvalue weighted by molar-refractivity contribution is 8.00. The highest BCUT2D eigenvalue weighted by atomic mass is 32.2. The van der Waals surface area contributed by atoms with Crippen molar-refractivity contribution in [3.8, 4) is 0 Å². The van der Waals surface area contributed by atoms with E-state index in [9.17, 15) is 38.0 Å². The number of carboxylic acids is 1. The zero-order chi connectivity index (χ0) is 29.3. The van der Waals surface area contributed by atoms with Gasteiger partial charge < -0.3 is 31.7 Å². The number of Topliss-reactive ketones (excluding diaryl/α,β-unsaturated/α-hetero) is 2. The molecule has 6 N–H and O–H groups in total. The third-order valence-corrected chi connectivity index (χ3v) is 8.01. The monoisotopic (exact) mass is 573 g/mol. The van der Waals surface area contributed by atoms with E-state index in [1.54, 1.807) is 25.6 Å². The third-order valence-electron chi connectivity index (χ3n) is 6.51. The van der Waals surface area contributed by atoms with E-state index in [1.807, 2.05) is 0 Å². The van der Waals surface area contributed by atoms with E-state index in [0.29, 0.717) is 6.42 Å². The molecule has 0 saturated carbocycles. The first-order valence-corrected chi connectivity index (χ1v) is 13.8. The summed E-state index contributed by atoms with van der Waals surface area (Å²) in [5.41, 5.74) is 0. The van der Waals surface area contributed by atoms with Gasteiger partial charge in [0.1, 0.15) is 18.1 Å². The lowest BCUT2D eigenvalue weighted by Gasteiger charge is -2.24. The van der Waals surface area contributed by atoms with E-state index in [-0.39, 0.29) is 41.6 Å². The number of hydrogen-bond acceptors (Lipinski definition) is 8. The van der Waals surface area contributed by atoms with Gasteiger partial charge in [-0.3, -0.25) is 28.8 Å². The van der Waals surface area contributed by atoms with Gasteiger partial charge in [0.15, 0.2) is 6.67 Å². The molecule has 5 amide bonds. The SMILES string of the molecule is CC(C)[C@H](NC(=O)CCCC[C@@H]1SC[C@@H]2NC(=O)N[C@@H]21)C(=O)N[C@@H](C)C(=O)NC(CC(=O)O)C(=O)C(=O)CF. The average molecular weight is 574 g/mol. The van der Waals surface area contributed by atoms with Crippen molar-refractivity contribution >= 4 is 53.1 Å². The number of rotatable bonds is 16. The molecule has 2 saturated heterocycles. The van der Waals surface area contributed by atoms with Gasteiger partial charge in [0.25, 0.3) is 0 Å². The normalized spacial score (nSPS) is 22.1. The van der Waals surface area contributed by atoms with E-state index >= 15 is 0 Å². The molecule has 218 valence electrons. The molecule has 39 heavy (non-hydrogen) atoms. The average Bonchev–Trinajstić information content (AvgIpc) is 3.42. The number of unbranched alkanes of at least 4 members (excludes halogenated alkanes) is 1. The highest BCUT2D eigenvalue weighted by Gasteiger charge is 2.42. The molecule has 2 rings (SSSR count). The molecule has 1 unspecified atom stereocenters. The summed E-state index contributed by atoms with van der Waals surface area (Å²) in [6.07, 6.45) is 1.44. The van der Waals surface area contributed by atoms with Crippen LogP contribution in [0, 0.1) is 5.92 Å². The Hall–Kier alpha value is -3.23. The minimum atomic E-state index is -1.78. The fourth-order valence-corrected chi connectivity index (χ4v) is 5.91. The molecule has 2 aliphatic heterocycles. The molecule has 0 aromatic carbocycles. The zero-order valence-electron chi connectivity index (χ0n) is 22.1. The second kappa shape index (κ2) is 14.8. The van der Waals surface area contributed by atoms with Gasteiger partial charge >= 0.3 is 12.0 Å². The first-order valence-electron chi connectivity index (χ1n) is 12.8. The molecule has 15 heteroatoms. The van der Waals surface area contributed by atoms with Crippen molar-refractivity contribution in [1.82, 2.24) is 26.6 Å². The molecule has 0 bridgehead atoms. The zero-order valence-corrected chi connectivity index (χ0v) is 22.9. The number of fused-ring (bicyclic) bond motifs is 1. The number of nitrogens with one attached hydrogen (secondary N) is 5. The maximum absolute atomic E-state index is 12.8. The minimum absolute atomic E-state index is 0.0891. The lowest BCUT2D eigenvalue weighted by molar-refractivity contribution is -0.143. The van der Waals surface area contributed by atoms with Crippen LogP contribution in [0.2, 0.25) is 0 Å². The Balaban J connectivity index is 1.82. The molecular weight excluding hydrogens is 537 g/mol. The number of carbonyl (C=O) groups is 7. The standard InChI is InChI=1S/C24H36FN5O8S/c1-11(2)19(29-17(32)7-5-4-6-16-20-14(10-39-16)28-24(38)30-20)23(37)26-12(3)22(36)27-13(8-18(33)34)21(35)15(31)9-25/h11-14,16,19-20H,4-10H2,1-3H3,(H,26,37)(H,27,36)(H,29,32)(H,33,34)(H2,28,30,38)/t12-,13?,14-,16-,19-,20-/m0/s1. The first-order chi connectivity index (χ1) is 18.3. The fraction of sp³-hybridized carbons (Fsp3) is 0.708. The number of thioether (sulfide) groups is 1. The van der Waals surface area contributed by atoms with Gasteiger partial charge in [0, 0.05) is 17.4 Å². The van der Waals surface area contributed by atoms with Crippen molar-refractivity contribution in [3.05, 3.63) is 0 Å². The molecule has 0 radical (unpaired) electrons. The maximum Gasteiger partial charge on any atom is 0.315 e. The predicted octanol–water partition coefficient (Wildman–Crippen LogP) is -0.575. The molecule has 2 fully saturated rings. The number of halogens is 1. The van der Waals surface area contributed by atoms with Gasteiger partial charge in [0.2, 0.25) is 29.3 Å². The molecule has 0 aromatic heterocycles. The van der Waals surface area contributed by atoms with E-state index < -0.39 is 60.6 Å². The fourth-order valence-electron chi connectivity index (χ4n) is 4.36. The summed E-state index contributed by atoms with van der Waals surface area (Å²) in [6.45, 7) is 3.05. The number of amides is 5. The van der Waals surface area contributed by atoms with Crippen molar-refractivity contribution < 1.29 is 43.1 Å². The van der Waals surface area contributed by atoms with Crippen LogP contribution >= 0.6 is 11.8 Å². The van der Waals surface area contributed by atoms with Crippen LogP contribution in [0.15, 0.2) is 0 Å². The van der Waals surface area contributed by atoms with E-state index in [0.717, 1.165) is 18.6 Å². The lowest BCUT2D eigenvalue weighted by Crippen LogP contribution is -2.56. The van der Waals surface area contributed by atoms with E-state index in [4.69, 9.17) is 5.11 Å². The molecule has 0 spiro atoms. The quantitative estimate of drug-likeness (QED) is 0.0794. The van der Waals surface area contributed by atoms with Gasteiger partial charge in [-0.2, -0.15) is 11.8 Å². The molecular formula is C24H36FN5O8S. The van der Waals surface area contributed by atoms with Crippen LogP contribution in [0.5, 0.6) is 0 Å². The van der Waals surface area contributed by atoms with Gasteiger partial charge in [0.05, 0.1) is 18.5 Å². The van der Waals surface area contributed by atoms with Crippen LogP contribution in [-0.4, -0.2) is 94.3 Å². The number of hydrogen-bond donors (Lipinski definition) is 6. The molecule has 2 heterocycles. The van der Waals surface area contributed by atoms with Gasteiger partial charge in [-0.1, -0.05) is 20.3 Å². The highest BCUT2D eigenvalue weighted by Crippen LogP contribution is 2.33. The van der Waals surface area contributed by atoms with Gasteiger partial charge in [-0.05, 0) is 25.7 Å². The van der Waals surface area contributed by atoms with E-state index in [1.165, 1.54) is 6.92 Å². The lowest BCUT2D eigenvalue weighted by atomic mass is 10.0. The Morgan fingerprint density at radius 3 is 2.33 bits per heavy atom. The number of aliphatic carboxylic acids is 1. The van der Waals surface area contributed by atoms with Crippen molar-refractivity contribution in [1.29, 1.82) is 0 Å². The van der Waals surface area contributed by atoms with Gasteiger partial charge in [-0.25, -0.2) is 9.18 Å². The summed E-state index contributed by atoms with van der Waals surface area (Å²) in [4.78, 5) is 83.6. The van der Waals surface area contributed by atoms with Crippen LogP contribution in [0.3, 0.4) is 0 Å². The summed E-state index contributed by atoms with van der Waals surface area (Å²) in [5.74, 6) is -5.81. The number of urea groups is 1. The van der Waals surface area contributed by atoms with Crippen molar-refractivity contribution in [2.45, 2.75) is 88.3 Å². The van der Waals surface area contributed by atoms with Crippen molar-refractivity contribution in [2.75, 3.05) is 12.4 Å². The Bertz CT molecular complexity index is 980. The molecule has 0 aliphatic carbocycles. The Kier molecular flexibility index (Phi) is 12.1. The molecule has 2 aliphatic rings. The largest absolute Gasteiger partial charge is 0.481 e. The van der Waals surface area contributed by atoms with Crippen LogP contribution < -0.4 is 26.6 Å². The van der Waals surface area contributed by atoms with Crippen LogP contribution in [0.1, 0.15) is 52.9 Å². The summed E-state index contributed by atoms with van der Waals surface area (Å²) in [7, 11) is 0. The summed E-state index contributed by atoms with van der Waals surface area (Å²) in [6, 6.07) is -3.94. The number of alkyl halides is 1. The first kappa shape index (κ1) is 32.0. The van der Waals surface area contributed by atoms with Crippen molar-refractivity contribution in [3.63, 3.8) is 0 Å². The Morgan fingerprint density at radius 2 is 1.72 bits per heavy atom.